The van der Waals surface area contributed by atoms with Gasteiger partial charge in [-0.05, 0) is 38.1 Å². The van der Waals surface area contributed by atoms with Crippen LogP contribution in [0.2, 0.25) is 0 Å². The summed E-state index contributed by atoms with van der Waals surface area (Å²) in [7, 11) is 0. The molecular formula is C18H18N2O3. The van der Waals surface area contributed by atoms with E-state index in [4.69, 9.17) is 14.7 Å². The molecule has 0 aromatic heterocycles. The number of nitriles is 1. The molecule has 0 saturated heterocycles. The van der Waals surface area contributed by atoms with Crippen LogP contribution in [-0.4, -0.2) is 18.6 Å². The van der Waals surface area contributed by atoms with Crippen LogP contribution in [0, 0.1) is 11.3 Å². The molecule has 23 heavy (non-hydrogen) atoms. The van der Waals surface area contributed by atoms with Gasteiger partial charge in [0.25, 0.3) is 5.91 Å². The van der Waals surface area contributed by atoms with E-state index in [-0.39, 0.29) is 5.91 Å². The van der Waals surface area contributed by atoms with Gasteiger partial charge in [-0.1, -0.05) is 18.2 Å². The molecule has 0 heterocycles. The molecule has 0 spiro atoms. The first-order valence-corrected chi connectivity index (χ1v) is 7.33. The second-order valence-electron chi connectivity index (χ2n) is 4.82. The highest BCUT2D eigenvalue weighted by atomic mass is 16.5. The van der Waals surface area contributed by atoms with E-state index >= 15 is 0 Å². The summed E-state index contributed by atoms with van der Waals surface area (Å²) in [5.41, 5.74) is 1.18. The van der Waals surface area contributed by atoms with Crippen LogP contribution in [0.5, 0.6) is 11.5 Å². The van der Waals surface area contributed by atoms with Crippen LogP contribution in [0.4, 0.5) is 5.69 Å². The van der Waals surface area contributed by atoms with Gasteiger partial charge < -0.3 is 14.8 Å². The number of nitrogens with one attached hydrogen (secondary N) is 1. The number of hydrogen-bond acceptors (Lipinski definition) is 4. The number of rotatable bonds is 6. The molecule has 0 radical (unpaired) electrons. The molecule has 1 amide bonds. The highest BCUT2D eigenvalue weighted by Crippen LogP contribution is 2.29. The molecule has 0 unspecified atom stereocenters. The Morgan fingerprint density at radius 2 is 1.96 bits per heavy atom. The van der Waals surface area contributed by atoms with Crippen LogP contribution >= 0.6 is 0 Å². The van der Waals surface area contributed by atoms with Crippen molar-refractivity contribution in [2.45, 2.75) is 20.0 Å². The molecule has 5 heteroatoms. The number of ether oxygens (including phenoxy) is 2. The quantitative estimate of drug-likeness (QED) is 0.888. The van der Waals surface area contributed by atoms with Crippen LogP contribution in [0.15, 0.2) is 48.5 Å². The first-order valence-electron chi connectivity index (χ1n) is 7.33. The number of carbonyl (C=O) groups is 1. The zero-order valence-electron chi connectivity index (χ0n) is 13.1. The van der Waals surface area contributed by atoms with Crippen LogP contribution in [0.1, 0.15) is 19.4 Å². The van der Waals surface area contributed by atoms with Crippen molar-refractivity contribution in [1.82, 2.24) is 0 Å². The van der Waals surface area contributed by atoms with Crippen molar-refractivity contribution in [3.8, 4) is 17.6 Å². The first kappa shape index (κ1) is 16.4. The number of carbonyl (C=O) groups excluding carboxylic acids is 1. The second-order valence-corrected chi connectivity index (χ2v) is 4.82. The van der Waals surface area contributed by atoms with Gasteiger partial charge in [-0.3, -0.25) is 4.79 Å². The van der Waals surface area contributed by atoms with Gasteiger partial charge in [-0.15, -0.1) is 0 Å². The van der Waals surface area contributed by atoms with Crippen LogP contribution in [-0.2, 0) is 4.79 Å². The van der Waals surface area contributed by atoms with Crippen molar-refractivity contribution in [1.29, 1.82) is 5.26 Å². The van der Waals surface area contributed by atoms with E-state index in [1.54, 1.807) is 37.3 Å². The Morgan fingerprint density at radius 3 is 2.61 bits per heavy atom. The number of hydrogen-bond donors (Lipinski definition) is 1. The fourth-order valence-corrected chi connectivity index (χ4v) is 1.95. The summed E-state index contributed by atoms with van der Waals surface area (Å²) in [5, 5.41) is 11.7. The minimum atomic E-state index is -0.706. The molecule has 5 nitrogen and oxygen atoms in total. The minimum Gasteiger partial charge on any atom is -0.490 e. The third kappa shape index (κ3) is 4.48. The normalized spacial score (nSPS) is 11.2. The highest BCUT2D eigenvalue weighted by Gasteiger charge is 2.17. The van der Waals surface area contributed by atoms with Crippen molar-refractivity contribution in [2.24, 2.45) is 0 Å². The maximum atomic E-state index is 12.2. The lowest BCUT2D eigenvalue weighted by Crippen LogP contribution is -2.30. The third-order valence-corrected chi connectivity index (χ3v) is 3.09. The summed E-state index contributed by atoms with van der Waals surface area (Å²) in [4.78, 5) is 12.2. The molecule has 1 N–H and O–H groups in total. The van der Waals surface area contributed by atoms with E-state index in [1.807, 2.05) is 31.2 Å². The van der Waals surface area contributed by atoms with E-state index in [1.165, 1.54) is 0 Å². The summed E-state index contributed by atoms with van der Waals surface area (Å²) in [6.45, 7) is 3.94. The molecule has 2 aromatic rings. The molecule has 0 saturated carbocycles. The first-order chi connectivity index (χ1) is 11.1. The average molecular weight is 310 g/mol. The Morgan fingerprint density at radius 1 is 1.22 bits per heavy atom. The van der Waals surface area contributed by atoms with Crippen molar-refractivity contribution in [2.75, 3.05) is 11.9 Å². The lowest BCUT2D eigenvalue weighted by Gasteiger charge is -2.17. The van der Waals surface area contributed by atoms with Crippen LogP contribution in [0.3, 0.4) is 0 Å². The second kappa shape index (κ2) is 7.85. The molecule has 0 aliphatic rings. The number of nitrogens with zero attached hydrogens (tertiary/aromatic N) is 1. The van der Waals surface area contributed by atoms with Gasteiger partial charge in [0.1, 0.15) is 0 Å². The van der Waals surface area contributed by atoms with Gasteiger partial charge in [0.2, 0.25) is 0 Å². The lowest BCUT2D eigenvalue weighted by atomic mass is 10.2. The number of anilines is 1. The fraction of sp³-hybridized carbons (Fsp3) is 0.222. The van der Waals surface area contributed by atoms with Gasteiger partial charge in [-0.25, -0.2) is 0 Å². The number of para-hydroxylation sites is 1. The zero-order valence-corrected chi connectivity index (χ0v) is 13.1. The molecule has 118 valence electrons. The Balaban J connectivity index is 2.08. The third-order valence-electron chi connectivity index (χ3n) is 3.09. The monoisotopic (exact) mass is 310 g/mol. The Hall–Kier alpha value is -3.00. The number of benzene rings is 2. The van der Waals surface area contributed by atoms with E-state index in [9.17, 15) is 4.79 Å². The van der Waals surface area contributed by atoms with Crippen molar-refractivity contribution in [3.63, 3.8) is 0 Å². The summed E-state index contributed by atoms with van der Waals surface area (Å²) in [5.74, 6) is 0.621. The van der Waals surface area contributed by atoms with E-state index < -0.39 is 6.10 Å². The largest absolute Gasteiger partial charge is 0.490 e. The lowest BCUT2D eigenvalue weighted by molar-refractivity contribution is -0.122. The molecular weight excluding hydrogens is 292 g/mol. The molecule has 0 fully saturated rings. The van der Waals surface area contributed by atoms with E-state index in [0.717, 1.165) is 0 Å². The van der Waals surface area contributed by atoms with Gasteiger partial charge >= 0.3 is 0 Å². The van der Waals surface area contributed by atoms with Crippen LogP contribution in [0.25, 0.3) is 0 Å². The topological polar surface area (TPSA) is 71.3 Å². The van der Waals surface area contributed by atoms with Gasteiger partial charge in [0.15, 0.2) is 17.6 Å². The summed E-state index contributed by atoms with van der Waals surface area (Å²) in [6.07, 6.45) is -0.706. The van der Waals surface area contributed by atoms with Crippen molar-refractivity contribution >= 4 is 11.6 Å². The predicted molar refractivity (Wildman–Crippen MR) is 87.5 cm³/mol. The molecule has 0 bridgehead atoms. The number of amides is 1. The molecule has 0 aliphatic carbocycles. The smallest absolute Gasteiger partial charge is 0.265 e. The summed E-state index contributed by atoms with van der Waals surface area (Å²) < 4.78 is 11.2. The zero-order chi connectivity index (χ0) is 16.7. The maximum absolute atomic E-state index is 12.2. The Kier molecular flexibility index (Phi) is 5.59. The van der Waals surface area contributed by atoms with Crippen LogP contribution < -0.4 is 14.8 Å². The maximum Gasteiger partial charge on any atom is 0.265 e. The van der Waals surface area contributed by atoms with E-state index in [2.05, 4.69) is 5.32 Å². The highest BCUT2D eigenvalue weighted by molar-refractivity contribution is 5.94. The Labute approximate surface area is 135 Å². The molecule has 2 rings (SSSR count). The van der Waals surface area contributed by atoms with Crippen molar-refractivity contribution < 1.29 is 14.3 Å². The molecule has 2 aromatic carbocycles. The van der Waals surface area contributed by atoms with Gasteiger partial charge in [-0.2, -0.15) is 5.26 Å². The SMILES string of the molecule is CCOc1cc(C#N)ccc1O[C@@H](C)C(=O)Nc1ccccc1. The molecule has 1 atom stereocenters. The summed E-state index contributed by atoms with van der Waals surface area (Å²) in [6, 6.07) is 16.1. The fourth-order valence-electron chi connectivity index (χ4n) is 1.95. The standard InChI is InChI=1S/C18H18N2O3/c1-3-22-17-11-14(12-19)9-10-16(17)23-13(2)18(21)20-15-7-5-4-6-8-15/h4-11,13H,3H2,1-2H3,(H,20,21)/t13-/m0/s1. The van der Waals surface area contributed by atoms with Gasteiger partial charge in [0, 0.05) is 11.8 Å². The van der Waals surface area contributed by atoms with E-state index in [0.29, 0.717) is 29.4 Å². The minimum absolute atomic E-state index is 0.261. The predicted octanol–water partition coefficient (Wildman–Crippen LogP) is 3.36. The summed E-state index contributed by atoms with van der Waals surface area (Å²) >= 11 is 0. The van der Waals surface area contributed by atoms with Crippen molar-refractivity contribution in [3.05, 3.63) is 54.1 Å². The molecule has 0 aliphatic heterocycles. The Bertz CT molecular complexity index is 708. The van der Waals surface area contributed by atoms with Gasteiger partial charge in [0.05, 0.1) is 18.2 Å². The average Bonchev–Trinajstić information content (AvgIpc) is 2.57.